The van der Waals surface area contributed by atoms with Crippen LogP contribution in [-0.2, 0) is 4.79 Å². The number of carbonyl (C=O) groups excluding carboxylic acids is 1. The predicted molar refractivity (Wildman–Crippen MR) is 86.4 cm³/mol. The van der Waals surface area contributed by atoms with Gasteiger partial charge in [0.05, 0.1) is 6.54 Å². The van der Waals surface area contributed by atoms with Crippen LogP contribution in [-0.4, -0.2) is 67.6 Å². The molecule has 0 unspecified atom stereocenters. The van der Waals surface area contributed by atoms with Gasteiger partial charge >= 0.3 is 6.18 Å². The van der Waals surface area contributed by atoms with E-state index in [1.165, 1.54) is 0 Å². The first-order valence-corrected chi connectivity index (χ1v) is 8.09. The number of alkyl halides is 3. The molecule has 0 aromatic carbocycles. The molecule has 0 heterocycles. The molecule has 0 spiro atoms. The van der Waals surface area contributed by atoms with Crippen molar-refractivity contribution in [3.63, 3.8) is 0 Å². The highest BCUT2D eigenvalue weighted by atomic mass is 19.4. The molecule has 0 aliphatic heterocycles. The monoisotopic (exact) mass is 338 g/mol. The number of likely N-dealkylation sites (N-methyl/N-ethyl adjacent to an activating group) is 2. The third kappa shape index (κ3) is 10.0. The van der Waals surface area contributed by atoms with Crippen LogP contribution in [0.1, 0.15) is 40.0 Å². The number of hydrogen-bond donors (Lipinski definition) is 1. The zero-order chi connectivity index (χ0) is 17.9. The van der Waals surface area contributed by atoms with Crippen molar-refractivity contribution in [3.8, 4) is 0 Å². The second-order valence-electron chi connectivity index (χ2n) is 5.23. The zero-order valence-electron chi connectivity index (χ0n) is 14.5. The van der Waals surface area contributed by atoms with E-state index in [9.17, 15) is 18.0 Å². The molecule has 0 saturated heterocycles. The summed E-state index contributed by atoms with van der Waals surface area (Å²) >= 11 is 0. The number of amides is 1. The van der Waals surface area contributed by atoms with Gasteiger partial charge in [-0.3, -0.25) is 9.79 Å². The smallest absolute Gasteiger partial charge is 0.357 e. The number of nitrogens with zero attached hydrogens (tertiary/aromatic N) is 3. The van der Waals surface area contributed by atoms with Gasteiger partial charge in [-0.2, -0.15) is 13.2 Å². The Morgan fingerprint density at radius 1 is 1.13 bits per heavy atom. The molecule has 0 saturated carbocycles. The van der Waals surface area contributed by atoms with Gasteiger partial charge < -0.3 is 15.1 Å². The molecule has 1 N–H and O–H groups in total. The van der Waals surface area contributed by atoms with E-state index in [4.69, 9.17) is 0 Å². The highest BCUT2D eigenvalue weighted by Crippen LogP contribution is 2.21. The lowest BCUT2D eigenvalue weighted by Crippen LogP contribution is -2.45. The standard InChI is InChI=1S/C15H29F3N4O/c1-5-19-14(20-11-9-8-10-15(16,17)18)21(4)12-13(23)22(6-2)7-3/h5-12H2,1-4H3,(H,19,20). The fraction of sp³-hybridized carbons (Fsp3) is 0.867. The molecule has 23 heavy (non-hydrogen) atoms. The van der Waals surface area contributed by atoms with E-state index in [1.54, 1.807) is 16.8 Å². The molecule has 1 amide bonds. The zero-order valence-corrected chi connectivity index (χ0v) is 14.5. The van der Waals surface area contributed by atoms with Crippen molar-refractivity contribution in [1.29, 1.82) is 0 Å². The first-order valence-electron chi connectivity index (χ1n) is 8.09. The lowest BCUT2D eigenvalue weighted by atomic mass is 10.2. The van der Waals surface area contributed by atoms with Gasteiger partial charge in [0, 0.05) is 39.6 Å². The van der Waals surface area contributed by atoms with Gasteiger partial charge in [0.25, 0.3) is 0 Å². The average molecular weight is 338 g/mol. The number of aliphatic imine (C=N–C) groups is 1. The summed E-state index contributed by atoms with van der Waals surface area (Å²) < 4.78 is 36.2. The van der Waals surface area contributed by atoms with Crippen molar-refractivity contribution in [2.24, 2.45) is 4.99 Å². The largest absolute Gasteiger partial charge is 0.389 e. The predicted octanol–water partition coefficient (Wildman–Crippen LogP) is 2.48. The fourth-order valence-corrected chi connectivity index (χ4v) is 2.05. The summed E-state index contributed by atoms with van der Waals surface area (Å²) in [5.41, 5.74) is 0. The molecular formula is C15H29F3N4O. The Morgan fingerprint density at radius 3 is 2.22 bits per heavy atom. The molecule has 0 aliphatic carbocycles. The van der Waals surface area contributed by atoms with Gasteiger partial charge in [0.15, 0.2) is 5.96 Å². The van der Waals surface area contributed by atoms with Crippen molar-refractivity contribution in [3.05, 3.63) is 0 Å². The lowest BCUT2D eigenvalue weighted by molar-refractivity contribution is -0.135. The second-order valence-corrected chi connectivity index (χ2v) is 5.23. The number of halogens is 3. The van der Waals surface area contributed by atoms with E-state index in [2.05, 4.69) is 10.3 Å². The molecular weight excluding hydrogens is 309 g/mol. The van der Waals surface area contributed by atoms with Crippen LogP contribution < -0.4 is 5.32 Å². The van der Waals surface area contributed by atoms with E-state index in [0.29, 0.717) is 38.6 Å². The fourth-order valence-electron chi connectivity index (χ4n) is 2.05. The van der Waals surface area contributed by atoms with Gasteiger partial charge in [-0.05, 0) is 33.6 Å². The van der Waals surface area contributed by atoms with E-state index in [1.807, 2.05) is 20.8 Å². The number of rotatable bonds is 9. The van der Waals surface area contributed by atoms with Crippen LogP contribution in [0.3, 0.4) is 0 Å². The molecule has 136 valence electrons. The minimum atomic E-state index is -4.11. The Kier molecular flexibility index (Phi) is 10.4. The average Bonchev–Trinajstić information content (AvgIpc) is 2.45. The Labute approximate surface area is 136 Å². The number of nitrogens with one attached hydrogen (secondary N) is 1. The molecule has 8 heteroatoms. The summed E-state index contributed by atoms with van der Waals surface area (Å²) in [6, 6.07) is 0. The lowest BCUT2D eigenvalue weighted by Gasteiger charge is -2.25. The molecule has 0 atom stereocenters. The molecule has 0 aromatic rings. The van der Waals surface area contributed by atoms with E-state index in [0.717, 1.165) is 0 Å². The first kappa shape index (κ1) is 21.5. The Morgan fingerprint density at radius 2 is 1.74 bits per heavy atom. The van der Waals surface area contributed by atoms with Crippen molar-refractivity contribution < 1.29 is 18.0 Å². The maximum absolute atomic E-state index is 12.1. The Balaban J connectivity index is 4.46. The summed E-state index contributed by atoms with van der Waals surface area (Å²) in [5.74, 6) is 0.542. The van der Waals surface area contributed by atoms with Crippen LogP contribution in [0.5, 0.6) is 0 Å². The highest BCUT2D eigenvalue weighted by molar-refractivity contribution is 5.86. The number of hydrogen-bond acceptors (Lipinski definition) is 2. The van der Waals surface area contributed by atoms with Crippen molar-refractivity contribution >= 4 is 11.9 Å². The first-order chi connectivity index (χ1) is 10.7. The van der Waals surface area contributed by atoms with E-state index in [-0.39, 0.29) is 18.9 Å². The van der Waals surface area contributed by atoms with Gasteiger partial charge in [-0.1, -0.05) is 0 Å². The van der Waals surface area contributed by atoms with Crippen molar-refractivity contribution in [1.82, 2.24) is 15.1 Å². The number of carbonyl (C=O) groups is 1. The molecule has 0 aromatic heterocycles. The van der Waals surface area contributed by atoms with E-state index >= 15 is 0 Å². The normalized spacial score (nSPS) is 12.2. The third-order valence-electron chi connectivity index (χ3n) is 3.31. The van der Waals surface area contributed by atoms with Gasteiger partial charge in [-0.15, -0.1) is 0 Å². The minimum absolute atomic E-state index is 0.000162. The van der Waals surface area contributed by atoms with Crippen LogP contribution in [0, 0.1) is 0 Å². The van der Waals surface area contributed by atoms with Crippen LogP contribution >= 0.6 is 0 Å². The van der Waals surface area contributed by atoms with E-state index < -0.39 is 12.6 Å². The maximum Gasteiger partial charge on any atom is 0.389 e. The molecule has 0 fully saturated rings. The number of unbranched alkanes of at least 4 members (excludes halogenated alkanes) is 1. The summed E-state index contributed by atoms with van der Waals surface area (Å²) in [4.78, 5) is 19.8. The topological polar surface area (TPSA) is 47.9 Å². The molecule has 0 rings (SSSR count). The van der Waals surface area contributed by atoms with Crippen LogP contribution in [0.4, 0.5) is 13.2 Å². The minimum Gasteiger partial charge on any atom is -0.357 e. The summed E-state index contributed by atoms with van der Waals surface area (Å²) in [6.07, 6.45) is -4.46. The van der Waals surface area contributed by atoms with Gasteiger partial charge in [0.1, 0.15) is 0 Å². The summed E-state index contributed by atoms with van der Waals surface area (Å²) in [7, 11) is 1.75. The van der Waals surface area contributed by atoms with Gasteiger partial charge in [0.2, 0.25) is 5.91 Å². The molecule has 0 radical (unpaired) electrons. The highest BCUT2D eigenvalue weighted by Gasteiger charge is 2.25. The third-order valence-corrected chi connectivity index (χ3v) is 3.31. The summed E-state index contributed by atoms with van der Waals surface area (Å²) in [5, 5.41) is 3.05. The molecule has 5 nitrogen and oxygen atoms in total. The Bertz CT molecular complexity index is 368. The molecule has 0 aliphatic rings. The number of guanidine groups is 1. The van der Waals surface area contributed by atoms with Crippen molar-refractivity contribution in [2.75, 3.05) is 39.8 Å². The SMILES string of the molecule is CCNC(=NCCCCC(F)(F)F)N(C)CC(=O)N(CC)CC. The summed E-state index contributed by atoms with van der Waals surface area (Å²) in [6.45, 7) is 8.16. The van der Waals surface area contributed by atoms with Crippen LogP contribution in [0.2, 0.25) is 0 Å². The quantitative estimate of drug-likeness (QED) is 0.399. The van der Waals surface area contributed by atoms with Crippen LogP contribution in [0.25, 0.3) is 0 Å². The molecule has 0 bridgehead atoms. The van der Waals surface area contributed by atoms with Crippen LogP contribution in [0.15, 0.2) is 4.99 Å². The van der Waals surface area contributed by atoms with Crippen molar-refractivity contribution in [2.45, 2.75) is 46.2 Å². The maximum atomic E-state index is 12.1. The Hall–Kier alpha value is -1.47. The second kappa shape index (κ2) is 11.1. The van der Waals surface area contributed by atoms with Gasteiger partial charge in [-0.25, -0.2) is 0 Å².